The molecule has 2 rings (SSSR count). The van der Waals surface area contributed by atoms with E-state index < -0.39 is 24.9 Å². The second-order valence-corrected chi connectivity index (χ2v) is 4.54. The van der Waals surface area contributed by atoms with Crippen LogP contribution in [-0.4, -0.2) is 24.8 Å². The Labute approximate surface area is 114 Å². The van der Waals surface area contributed by atoms with Gasteiger partial charge in [0.15, 0.2) is 0 Å². The van der Waals surface area contributed by atoms with Crippen LogP contribution in [0.3, 0.4) is 0 Å². The van der Waals surface area contributed by atoms with Crippen molar-refractivity contribution in [1.82, 2.24) is 5.32 Å². The van der Waals surface area contributed by atoms with Gasteiger partial charge in [0.05, 0.1) is 5.92 Å². The van der Waals surface area contributed by atoms with Gasteiger partial charge in [-0.2, -0.15) is 0 Å². The Morgan fingerprint density at radius 2 is 2.10 bits per heavy atom. The van der Waals surface area contributed by atoms with Gasteiger partial charge in [0.1, 0.15) is 12.4 Å². The lowest BCUT2D eigenvalue weighted by atomic mass is 9.90. The third-order valence-electron chi connectivity index (χ3n) is 2.97. The first-order chi connectivity index (χ1) is 9.45. The fourth-order valence-corrected chi connectivity index (χ4v) is 2.10. The quantitative estimate of drug-likeness (QED) is 0.647. The Morgan fingerprint density at radius 3 is 2.75 bits per heavy atom. The highest BCUT2D eigenvalue weighted by Crippen LogP contribution is 2.30. The maximum atomic E-state index is 12.1. The minimum absolute atomic E-state index is 0.185. The molecular weight excluding hydrogens is 270 g/mol. The van der Waals surface area contributed by atoms with E-state index in [2.05, 4.69) is 5.32 Å². The fourth-order valence-electron chi connectivity index (χ4n) is 2.10. The highest BCUT2D eigenvalue weighted by molar-refractivity contribution is 6.01. The number of alkyl halides is 2. The van der Waals surface area contributed by atoms with E-state index >= 15 is 0 Å². The second kappa shape index (κ2) is 5.85. The van der Waals surface area contributed by atoms with Crippen LogP contribution in [-0.2, 0) is 9.59 Å². The molecule has 0 aliphatic carbocycles. The van der Waals surface area contributed by atoms with E-state index in [9.17, 15) is 18.4 Å². The van der Waals surface area contributed by atoms with Gasteiger partial charge in [0.2, 0.25) is 11.8 Å². The molecule has 7 heteroatoms. The summed E-state index contributed by atoms with van der Waals surface area (Å²) in [4.78, 5) is 22.9. The average molecular weight is 284 g/mol. The van der Waals surface area contributed by atoms with E-state index in [1.165, 1.54) is 12.1 Å². The van der Waals surface area contributed by atoms with Gasteiger partial charge >= 0.3 is 0 Å². The van der Waals surface area contributed by atoms with Crippen LogP contribution in [0.4, 0.5) is 14.5 Å². The Kier molecular flexibility index (Phi) is 4.16. The lowest BCUT2D eigenvalue weighted by Crippen LogP contribution is -2.39. The molecule has 1 aromatic carbocycles. The van der Waals surface area contributed by atoms with Crippen LogP contribution in [0.15, 0.2) is 18.2 Å². The monoisotopic (exact) mass is 284 g/mol. The summed E-state index contributed by atoms with van der Waals surface area (Å²) in [6, 6.07) is 4.49. The molecule has 0 saturated carbocycles. The number of anilines is 1. The minimum atomic E-state index is -2.59. The largest absolute Gasteiger partial charge is 0.488 e. The number of amides is 2. The smallest absolute Gasteiger partial charge is 0.272 e. The highest BCUT2D eigenvalue weighted by Gasteiger charge is 2.28. The van der Waals surface area contributed by atoms with Crippen molar-refractivity contribution in [3.05, 3.63) is 23.8 Å². The van der Waals surface area contributed by atoms with Crippen LogP contribution < -0.4 is 15.8 Å². The summed E-state index contributed by atoms with van der Waals surface area (Å²) < 4.78 is 29.2. The number of piperidine rings is 1. The minimum Gasteiger partial charge on any atom is -0.488 e. The van der Waals surface area contributed by atoms with E-state index in [-0.39, 0.29) is 18.1 Å². The summed E-state index contributed by atoms with van der Waals surface area (Å²) in [6.45, 7) is -0.738. The topological polar surface area (TPSA) is 81.4 Å². The van der Waals surface area contributed by atoms with E-state index in [1.54, 1.807) is 6.07 Å². The maximum absolute atomic E-state index is 12.1. The Hall–Kier alpha value is -2.18. The molecule has 1 heterocycles. The Balaban J connectivity index is 2.19. The fraction of sp³-hybridized carbons (Fsp3) is 0.385. The number of nitrogens with two attached hydrogens (primary N) is 1. The molecule has 0 bridgehead atoms. The van der Waals surface area contributed by atoms with Gasteiger partial charge in [-0.25, -0.2) is 8.78 Å². The first kappa shape index (κ1) is 14.2. The van der Waals surface area contributed by atoms with E-state index in [4.69, 9.17) is 10.5 Å². The van der Waals surface area contributed by atoms with Crippen molar-refractivity contribution in [2.24, 2.45) is 0 Å². The van der Waals surface area contributed by atoms with Gasteiger partial charge in [-0.05, 0) is 24.1 Å². The van der Waals surface area contributed by atoms with Crippen molar-refractivity contribution in [3.8, 4) is 5.75 Å². The number of halogens is 2. The zero-order valence-electron chi connectivity index (χ0n) is 10.6. The lowest BCUT2D eigenvalue weighted by Gasteiger charge is -2.22. The summed E-state index contributed by atoms with van der Waals surface area (Å²) >= 11 is 0. The molecule has 1 aliphatic rings. The zero-order valence-corrected chi connectivity index (χ0v) is 10.6. The Bertz CT molecular complexity index is 534. The highest BCUT2D eigenvalue weighted by atomic mass is 19.3. The molecule has 0 aromatic heterocycles. The average Bonchev–Trinajstić information content (AvgIpc) is 2.35. The number of carbonyl (C=O) groups excluding carboxylic acids is 2. The predicted octanol–water partition coefficient (Wildman–Crippen LogP) is 1.43. The lowest BCUT2D eigenvalue weighted by molar-refractivity contribution is -0.134. The van der Waals surface area contributed by atoms with Crippen LogP contribution in [0.25, 0.3) is 0 Å². The second-order valence-electron chi connectivity index (χ2n) is 4.54. The summed E-state index contributed by atoms with van der Waals surface area (Å²) in [7, 11) is 0. The van der Waals surface area contributed by atoms with Gasteiger partial charge in [0.25, 0.3) is 6.43 Å². The van der Waals surface area contributed by atoms with E-state index in [0.717, 1.165) is 0 Å². The third kappa shape index (κ3) is 3.43. The molecule has 1 atom stereocenters. The van der Waals surface area contributed by atoms with Gasteiger partial charge < -0.3 is 10.5 Å². The molecule has 2 amide bonds. The number of carbonyl (C=O) groups is 2. The molecule has 3 N–H and O–H groups in total. The SMILES string of the molecule is Nc1cc(OCC(F)F)cc(C2CCC(=O)NC2=O)c1. The third-order valence-corrected chi connectivity index (χ3v) is 2.97. The molecule has 20 heavy (non-hydrogen) atoms. The molecular formula is C13H14F2N2O3. The number of benzene rings is 1. The number of nitrogen functional groups attached to an aromatic ring is 1. The van der Waals surface area contributed by atoms with Crippen molar-refractivity contribution < 1.29 is 23.1 Å². The predicted molar refractivity (Wildman–Crippen MR) is 67.5 cm³/mol. The van der Waals surface area contributed by atoms with Crippen LogP contribution in [0.2, 0.25) is 0 Å². The van der Waals surface area contributed by atoms with Crippen LogP contribution >= 0.6 is 0 Å². The Morgan fingerprint density at radius 1 is 1.35 bits per heavy atom. The summed E-state index contributed by atoms with van der Waals surface area (Å²) in [5.41, 5.74) is 6.55. The molecule has 1 aromatic rings. The number of hydrogen-bond acceptors (Lipinski definition) is 4. The molecule has 1 fully saturated rings. The van der Waals surface area contributed by atoms with E-state index in [0.29, 0.717) is 17.7 Å². The molecule has 5 nitrogen and oxygen atoms in total. The summed E-state index contributed by atoms with van der Waals surface area (Å²) in [5.74, 6) is -1.06. The van der Waals surface area contributed by atoms with Crippen LogP contribution in [0, 0.1) is 0 Å². The van der Waals surface area contributed by atoms with Crippen molar-refractivity contribution in [2.75, 3.05) is 12.3 Å². The number of hydrogen-bond donors (Lipinski definition) is 2. The standard InChI is InChI=1S/C13H14F2N2O3/c14-11(15)6-20-9-4-7(3-8(16)5-9)10-1-2-12(18)17-13(10)19/h3-5,10-11H,1-2,6,16H2,(H,17,18,19). The molecule has 0 radical (unpaired) electrons. The van der Waals surface area contributed by atoms with Crippen LogP contribution in [0.5, 0.6) is 5.75 Å². The van der Waals surface area contributed by atoms with Gasteiger partial charge in [0, 0.05) is 18.2 Å². The first-order valence-electron chi connectivity index (χ1n) is 6.11. The number of imide groups is 1. The van der Waals surface area contributed by atoms with Crippen molar-refractivity contribution in [3.63, 3.8) is 0 Å². The van der Waals surface area contributed by atoms with Gasteiger partial charge in [-0.3, -0.25) is 14.9 Å². The number of rotatable bonds is 4. The van der Waals surface area contributed by atoms with Gasteiger partial charge in [-0.1, -0.05) is 0 Å². The van der Waals surface area contributed by atoms with Crippen molar-refractivity contribution in [1.29, 1.82) is 0 Å². The first-order valence-corrected chi connectivity index (χ1v) is 6.11. The molecule has 1 unspecified atom stereocenters. The number of ether oxygens (including phenoxy) is 1. The van der Waals surface area contributed by atoms with Crippen molar-refractivity contribution in [2.45, 2.75) is 25.2 Å². The normalized spacial score (nSPS) is 19.1. The summed E-state index contributed by atoms with van der Waals surface area (Å²) in [6.07, 6.45) is -1.99. The van der Waals surface area contributed by atoms with Crippen LogP contribution in [0.1, 0.15) is 24.3 Å². The molecule has 1 saturated heterocycles. The maximum Gasteiger partial charge on any atom is 0.272 e. The van der Waals surface area contributed by atoms with E-state index in [1.807, 2.05) is 0 Å². The number of nitrogens with one attached hydrogen (secondary N) is 1. The molecule has 0 spiro atoms. The van der Waals surface area contributed by atoms with Crippen molar-refractivity contribution >= 4 is 17.5 Å². The zero-order chi connectivity index (χ0) is 14.7. The molecule has 108 valence electrons. The van der Waals surface area contributed by atoms with Gasteiger partial charge in [-0.15, -0.1) is 0 Å². The molecule has 1 aliphatic heterocycles. The summed E-state index contributed by atoms with van der Waals surface area (Å²) in [5, 5.41) is 2.24.